The van der Waals surface area contributed by atoms with E-state index in [0.717, 1.165) is 55.5 Å². The van der Waals surface area contributed by atoms with Gasteiger partial charge in [-0.1, -0.05) is 24.3 Å². The maximum absolute atomic E-state index is 5.55. The normalized spacial score (nSPS) is 15.3. The lowest BCUT2D eigenvalue weighted by molar-refractivity contribution is -0.921. The highest BCUT2D eigenvalue weighted by Crippen LogP contribution is 2.29. The van der Waals surface area contributed by atoms with Gasteiger partial charge in [0.1, 0.15) is 36.7 Å². The molecule has 0 atom stereocenters. The third-order valence-corrected chi connectivity index (χ3v) is 5.60. The molecular weight excluding hydrogens is 350 g/mol. The predicted octanol–water partition coefficient (Wildman–Crippen LogP) is 2.58. The van der Waals surface area contributed by atoms with Crippen molar-refractivity contribution in [1.29, 1.82) is 0 Å². The van der Waals surface area contributed by atoms with Crippen LogP contribution in [0, 0.1) is 0 Å². The quantitative estimate of drug-likeness (QED) is 0.597. The first-order chi connectivity index (χ1) is 13.8. The molecule has 1 aliphatic rings. The fourth-order valence-electron chi connectivity index (χ4n) is 4.04. The van der Waals surface area contributed by atoms with Crippen LogP contribution >= 0.6 is 0 Å². The summed E-state index contributed by atoms with van der Waals surface area (Å²) in [5.41, 5.74) is 4.45. The topological polar surface area (TPSA) is 40.2 Å². The minimum Gasteiger partial charge on any atom is -0.497 e. The largest absolute Gasteiger partial charge is 0.497 e. The minimum atomic E-state index is 0.826. The molecule has 2 aromatic carbocycles. The average Bonchev–Trinajstić information content (AvgIpc) is 3.13. The van der Waals surface area contributed by atoms with Gasteiger partial charge >= 0.3 is 0 Å². The van der Waals surface area contributed by atoms with Crippen LogP contribution in [0.15, 0.2) is 60.8 Å². The highest BCUT2D eigenvalue weighted by Gasteiger charge is 2.22. The van der Waals surface area contributed by atoms with Crippen LogP contribution in [-0.2, 0) is 11.3 Å². The summed E-state index contributed by atoms with van der Waals surface area (Å²) in [7, 11) is 1.69. The molecule has 1 aliphatic heterocycles. The van der Waals surface area contributed by atoms with Crippen molar-refractivity contribution in [2.45, 2.75) is 6.54 Å². The van der Waals surface area contributed by atoms with Crippen LogP contribution in [0.1, 0.15) is 5.69 Å². The number of hydrogen-bond donors (Lipinski definition) is 1. The van der Waals surface area contributed by atoms with Gasteiger partial charge in [-0.3, -0.25) is 4.40 Å². The smallest absolute Gasteiger partial charge is 0.145 e. The lowest BCUT2D eigenvalue weighted by atomic mass is 10.1. The van der Waals surface area contributed by atoms with Crippen molar-refractivity contribution in [3.63, 3.8) is 0 Å². The van der Waals surface area contributed by atoms with E-state index in [4.69, 9.17) is 14.5 Å². The van der Waals surface area contributed by atoms with Crippen molar-refractivity contribution in [2.24, 2.45) is 0 Å². The van der Waals surface area contributed by atoms with E-state index in [1.54, 1.807) is 7.11 Å². The van der Waals surface area contributed by atoms with E-state index in [2.05, 4.69) is 53.1 Å². The monoisotopic (exact) mass is 374 g/mol. The fraction of sp³-hybridized carbons (Fsp3) is 0.261. The van der Waals surface area contributed by atoms with E-state index >= 15 is 0 Å². The lowest BCUT2D eigenvalue weighted by Gasteiger charge is -2.24. The van der Waals surface area contributed by atoms with Crippen molar-refractivity contribution >= 4 is 16.4 Å². The molecule has 0 amide bonds. The summed E-state index contributed by atoms with van der Waals surface area (Å²) in [6.07, 6.45) is 2.16. The number of benzene rings is 2. The SMILES string of the molecule is COc1ccc(-c2nc3c4ccccc4ccn3c2C[NH+]2CCOCC2)cc1. The molecule has 5 rings (SSSR count). The van der Waals surface area contributed by atoms with E-state index in [9.17, 15) is 0 Å². The fourth-order valence-corrected chi connectivity index (χ4v) is 4.04. The second-order valence-corrected chi connectivity index (χ2v) is 7.27. The first-order valence-corrected chi connectivity index (χ1v) is 9.78. The predicted molar refractivity (Wildman–Crippen MR) is 110 cm³/mol. The van der Waals surface area contributed by atoms with Crippen LogP contribution < -0.4 is 9.64 Å². The third kappa shape index (κ3) is 3.03. The van der Waals surface area contributed by atoms with Crippen LogP contribution in [0.3, 0.4) is 0 Å². The second kappa shape index (κ2) is 7.26. The van der Waals surface area contributed by atoms with Gasteiger partial charge in [-0.2, -0.15) is 0 Å². The van der Waals surface area contributed by atoms with Crippen molar-refractivity contribution in [1.82, 2.24) is 9.38 Å². The Labute approximate surface area is 164 Å². The van der Waals surface area contributed by atoms with E-state index in [0.29, 0.717) is 0 Å². The molecule has 5 nitrogen and oxygen atoms in total. The molecule has 142 valence electrons. The summed E-state index contributed by atoms with van der Waals surface area (Å²) in [6.45, 7) is 4.65. The van der Waals surface area contributed by atoms with E-state index < -0.39 is 0 Å². The van der Waals surface area contributed by atoms with Crippen molar-refractivity contribution < 1.29 is 14.4 Å². The number of imidazole rings is 1. The molecule has 0 unspecified atom stereocenters. The van der Waals surface area contributed by atoms with Gasteiger partial charge in [0.2, 0.25) is 0 Å². The van der Waals surface area contributed by atoms with Crippen molar-refractivity contribution in [3.05, 3.63) is 66.5 Å². The molecule has 1 saturated heterocycles. The van der Waals surface area contributed by atoms with Gasteiger partial charge < -0.3 is 14.4 Å². The highest BCUT2D eigenvalue weighted by molar-refractivity contribution is 5.95. The zero-order valence-electron chi connectivity index (χ0n) is 16.0. The summed E-state index contributed by atoms with van der Waals surface area (Å²) in [5, 5.41) is 2.40. The van der Waals surface area contributed by atoms with E-state index in [-0.39, 0.29) is 0 Å². The Balaban J connectivity index is 1.69. The van der Waals surface area contributed by atoms with Crippen molar-refractivity contribution in [3.8, 4) is 17.0 Å². The molecule has 0 bridgehead atoms. The van der Waals surface area contributed by atoms with E-state index in [1.807, 2.05) is 12.1 Å². The molecule has 4 aromatic rings. The van der Waals surface area contributed by atoms with Gasteiger partial charge in [-0.15, -0.1) is 0 Å². The summed E-state index contributed by atoms with van der Waals surface area (Å²) in [5.74, 6) is 0.860. The molecule has 5 heteroatoms. The molecule has 0 aliphatic carbocycles. The standard InChI is InChI=1S/C23H23N3O2/c1-27-19-8-6-18(7-9-19)22-21(16-25-12-14-28-15-13-25)26-11-10-17-4-2-3-5-20(17)23(26)24-22/h2-11H,12-16H2,1H3/p+1. The molecule has 28 heavy (non-hydrogen) atoms. The van der Waals surface area contributed by atoms with Gasteiger partial charge in [-0.25, -0.2) is 4.98 Å². The molecule has 0 spiro atoms. The Kier molecular flexibility index (Phi) is 4.47. The zero-order valence-corrected chi connectivity index (χ0v) is 16.0. The van der Waals surface area contributed by atoms with Crippen LogP contribution in [0.4, 0.5) is 0 Å². The van der Waals surface area contributed by atoms with Crippen molar-refractivity contribution in [2.75, 3.05) is 33.4 Å². The highest BCUT2D eigenvalue weighted by atomic mass is 16.5. The molecular formula is C23H24N3O2+. The van der Waals surface area contributed by atoms with Gasteiger partial charge in [-0.05, 0) is 35.7 Å². The van der Waals surface area contributed by atoms with Crippen LogP contribution in [0.2, 0.25) is 0 Å². The number of nitrogens with zero attached hydrogens (tertiary/aromatic N) is 2. The summed E-state index contributed by atoms with van der Waals surface area (Å²) in [6, 6.07) is 18.8. The number of rotatable bonds is 4. The Bertz CT molecular complexity index is 1110. The molecule has 2 aromatic heterocycles. The summed E-state index contributed by atoms with van der Waals surface area (Å²) in [4.78, 5) is 6.65. The van der Waals surface area contributed by atoms with Gasteiger partial charge in [0.15, 0.2) is 0 Å². The Hall–Kier alpha value is -2.89. The van der Waals surface area contributed by atoms with Crippen LogP contribution in [0.5, 0.6) is 5.75 Å². The number of nitrogens with one attached hydrogen (secondary N) is 1. The first-order valence-electron chi connectivity index (χ1n) is 9.78. The number of quaternary nitrogens is 1. The Morgan fingerprint density at radius 1 is 1.04 bits per heavy atom. The Morgan fingerprint density at radius 2 is 1.82 bits per heavy atom. The number of hydrogen-bond acceptors (Lipinski definition) is 3. The second-order valence-electron chi connectivity index (χ2n) is 7.27. The average molecular weight is 374 g/mol. The maximum atomic E-state index is 5.55. The minimum absolute atomic E-state index is 0.826. The number of ether oxygens (including phenoxy) is 2. The van der Waals surface area contributed by atoms with Crippen LogP contribution in [0.25, 0.3) is 27.7 Å². The van der Waals surface area contributed by atoms with Gasteiger partial charge in [0.05, 0.1) is 26.0 Å². The number of aromatic nitrogens is 2. The van der Waals surface area contributed by atoms with Crippen LogP contribution in [-0.4, -0.2) is 42.8 Å². The van der Waals surface area contributed by atoms with Gasteiger partial charge in [0.25, 0.3) is 0 Å². The molecule has 0 radical (unpaired) electrons. The number of morpholine rings is 1. The first kappa shape index (κ1) is 17.2. The Morgan fingerprint density at radius 3 is 2.61 bits per heavy atom. The molecule has 1 fully saturated rings. The van der Waals surface area contributed by atoms with Gasteiger partial charge in [0, 0.05) is 17.1 Å². The molecule has 1 N–H and O–H groups in total. The summed E-state index contributed by atoms with van der Waals surface area (Å²) >= 11 is 0. The maximum Gasteiger partial charge on any atom is 0.145 e. The van der Waals surface area contributed by atoms with E-state index in [1.165, 1.54) is 21.4 Å². The molecule has 3 heterocycles. The summed E-state index contributed by atoms with van der Waals surface area (Å²) < 4.78 is 13.1. The number of methoxy groups -OCH3 is 1. The lowest BCUT2D eigenvalue weighted by Crippen LogP contribution is -3.12. The third-order valence-electron chi connectivity index (χ3n) is 5.60. The number of fused-ring (bicyclic) bond motifs is 3. The molecule has 0 saturated carbocycles. The zero-order chi connectivity index (χ0) is 18.9. The number of pyridine rings is 1.